The van der Waals surface area contributed by atoms with Crippen LogP contribution < -0.4 is 16.4 Å². The van der Waals surface area contributed by atoms with Crippen molar-refractivity contribution in [3.8, 4) is 11.3 Å². The van der Waals surface area contributed by atoms with Crippen LogP contribution >= 0.6 is 0 Å². The predicted octanol–water partition coefficient (Wildman–Crippen LogP) is 2.57. The van der Waals surface area contributed by atoms with Gasteiger partial charge in [0.2, 0.25) is 0 Å². The summed E-state index contributed by atoms with van der Waals surface area (Å²) in [5.74, 6) is -1.51. The molecule has 164 valence electrons. The minimum atomic E-state index is -0.911. The molecule has 0 spiro atoms. The van der Waals surface area contributed by atoms with Crippen LogP contribution in [0.3, 0.4) is 0 Å². The zero-order chi connectivity index (χ0) is 22.2. The number of hydrogen-bond donors (Lipinski definition) is 2. The molecule has 1 saturated heterocycles. The Labute approximate surface area is 182 Å². The van der Waals surface area contributed by atoms with Gasteiger partial charge in [-0.15, -0.1) is 0 Å². The second-order valence-electron chi connectivity index (χ2n) is 7.98. The molecule has 4 aromatic rings. The summed E-state index contributed by atoms with van der Waals surface area (Å²) in [6.45, 7) is 1.59. The second-order valence-corrected chi connectivity index (χ2v) is 7.98. The molecule has 1 aromatic carbocycles. The third-order valence-electron chi connectivity index (χ3n) is 5.75. The van der Waals surface area contributed by atoms with Gasteiger partial charge in [0.25, 0.3) is 0 Å². The van der Waals surface area contributed by atoms with E-state index in [1.54, 1.807) is 16.9 Å². The summed E-state index contributed by atoms with van der Waals surface area (Å²) in [7, 11) is 0. The van der Waals surface area contributed by atoms with E-state index in [0.717, 1.165) is 55.0 Å². The molecular formula is C22H22F2N8. The van der Waals surface area contributed by atoms with Crippen LogP contribution in [-0.4, -0.2) is 43.7 Å². The minimum absolute atomic E-state index is 0.0887. The van der Waals surface area contributed by atoms with Crippen LogP contribution in [0, 0.1) is 11.6 Å². The Morgan fingerprint density at radius 2 is 1.94 bits per heavy atom. The molecule has 0 saturated carbocycles. The van der Waals surface area contributed by atoms with Crippen molar-refractivity contribution in [3.63, 3.8) is 0 Å². The van der Waals surface area contributed by atoms with E-state index in [1.807, 2.05) is 6.07 Å². The number of nitrogen functional groups attached to an aromatic ring is 1. The summed E-state index contributed by atoms with van der Waals surface area (Å²) < 4.78 is 28.9. The van der Waals surface area contributed by atoms with Gasteiger partial charge in [-0.2, -0.15) is 5.10 Å². The number of halogens is 2. The number of pyridine rings is 1. The summed E-state index contributed by atoms with van der Waals surface area (Å²) in [6.07, 6.45) is 7.33. The van der Waals surface area contributed by atoms with E-state index in [4.69, 9.17) is 11.5 Å². The van der Waals surface area contributed by atoms with Gasteiger partial charge in [0.1, 0.15) is 6.33 Å². The molecule has 8 nitrogen and oxygen atoms in total. The van der Waals surface area contributed by atoms with Crippen LogP contribution in [0.5, 0.6) is 0 Å². The second kappa shape index (κ2) is 8.12. The van der Waals surface area contributed by atoms with Crippen molar-refractivity contribution in [3.05, 3.63) is 65.9 Å². The maximum atomic E-state index is 13.8. The molecule has 4 heterocycles. The third-order valence-corrected chi connectivity index (χ3v) is 5.75. The SMILES string of the molecule is Nc1ncnn2c(Cc3cc(-c4ccc(F)c(F)c4)ncc3N3CCC[C@@H](N)C3)cnc12. The van der Waals surface area contributed by atoms with Gasteiger partial charge in [0, 0.05) is 31.1 Å². The Balaban J connectivity index is 1.59. The summed E-state index contributed by atoms with van der Waals surface area (Å²) in [4.78, 5) is 15.1. The van der Waals surface area contributed by atoms with Crippen molar-refractivity contribution in [2.75, 3.05) is 23.7 Å². The van der Waals surface area contributed by atoms with Crippen LogP contribution in [0.1, 0.15) is 24.1 Å². The number of anilines is 2. The Morgan fingerprint density at radius 1 is 1.06 bits per heavy atom. The fourth-order valence-electron chi connectivity index (χ4n) is 4.16. The lowest BCUT2D eigenvalue weighted by Crippen LogP contribution is -2.43. The van der Waals surface area contributed by atoms with Crippen molar-refractivity contribution >= 4 is 17.2 Å². The molecule has 0 bridgehead atoms. The normalized spacial score (nSPS) is 16.6. The number of hydrogen-bond acceptors (Lipinski definition) is 7. The lowest BCUT2D eigenvalue weighted by atomic mass is 10.0. The molecule has 3 aromatic heterocycles. The van der Waals surface area contributed by atoms with E-state index in [-0.39, 0.29) is 6.04 Å². The molecule has 32 heavy (non-hydrogen) atoms. The van der Waals surface area contributed by atoms with E-state index in [0.29, 0.717) is 29.1 Å². The molecule has 0 amide bonds. The van der Waals surface area contributed by atoms with Crippen LogP contribution in [-0.2, 0) is 6.42 Å². The molecule has 10 heteroatoms. The highest BCUT2D eigenvalue weighted by atomic mass is 19.2. The zero-order valence-corrected chi connectivity index (χ0v) is 17.2. The van der Waals surface area contributed by atoms with Gasteiger partial charge >= 0.3 is 0 Å². The van der Waals surface area contributed by atoms with E-state index < -0.39 is 11.6 Å². The lowest BCUT2D eigenvalue weighted by Gasteiger charge is -2.33. The highest BCUT2D eigenvalue weighted by molar-refractivity contribution is 5.66. The third kappa shape index (κ3) is 3.73. The first kappa shape index (κ1) is 20.3. The largest absolute Gasteiger partial charge is 0.381 e. The van der Waals surface area contributed by atoms with Gasteiger partial charge in [-0.25, -0.2) is 23.3 Å². The summed E-state index contributed by atoms with van der Waals surface area (Å²) >= 11 is 0. The van der Waals surface area contributed by atoms with Crippen molar-refractivity contribution in [1.82, 2.24) is 24.6 Å². The van der Waals surface area contributed by atoms with Crippen LogP contribution in [0.2, 0.25) is 0 Å². The van der Waals surface area contributed by atoms with Gasteiger partial charge in [-0.05, 0) is 42.7 Å². The Kier molecular flexibility index (Phi) is 5.14. The van der Waals surface area contributed by atoms with E-state index in [1.165, 1.54) is 12.4 Å². The number of nitrogens with two attached hydrogens (primary N) is 2. The van der Waals surface area contributed by atoms with Crippen LogP contribution in [0.15, 0.2) is 43.0 Å². The Hall–Kier alpha value is -3.66. The maximum Gasteiger partial charge on any atom is 0.196 e. The Bertz CT molecular complexity index is 1290. The number of piperidine rings is 1. The van der Waals surface area contributed by atoms with Gasteiger partial charge in [-0.1, -0.05) is 0 Å². The number of fused-ring (bicyclic) bond motifs is 1. The monoisotopic (exact) mass is 436 g/mol. The molecular weight excluding hydrogens is 414 g/mol. The molecule has 4 N–H and O–H groups in total. The first-order valence-electron chi connectivity index (χ1n) is 10.4. The zero-order valence-electron chi connectivity index (χ0n) is 17.2. The molecule has 1 atom stereocenters. The standard InChI is InChI=1S/C22H22F2N8/c23-17-4-3-13(7-18(17)24)19-8-14(20(10-27-19)31-5-1-2-15(25)11-31)6-16-9-28-22-21(26)29-12-30-32(16)22/h3-4,7-10,12,15H,1-2,5-6,11,25H2,(H2,26,29,30)/t15-/m1/s1. The van der Waals surface area contributed by atoms with Crippen molar-refractivity contribution in [2.45, 2.75) is 25.3 Å². The predicted molar refractivity (Wildman–Crippen MR) is 117 cm³/mol. The smallest absolute Gasteiger partial charge is 0.196 e. The lowest BCUT2D eigenvalue weighted by molar-refractivity contribution is 0.505. The first-order valence-corrected chi connectivity index (χ1v) is 10.4. The Morgan fingerprint density at radius 3 is 2.75 bits per heavy atom. The molecule has 1 aliphatic heterocycles. The van der Waals surface area contributed by atoms with E-state index in [9.17, 15) is 8.78 Å². The van der Waals surface area contributed by atoms with Crippen LogP contribution in [0.4, 0.5) is 20.3 Å². The fourth-order valence-corrected chi connectivity index (χ4v) is 4.16. The van der Waals surface area contributed by atoms with Gasteiger partial charge in [0.05, 0.1) is 29.5 Å². The number of imidazole rings is 1. The first-order chi connectivity index (χ1) is 15.5. The maximum absolute atomic E-state index is 13.8. The molecule has 1 aliphatic rings. The quantitative estimate of drug-likeness (QED) is 0.506. The van der Waals surface area contributed by atoms with Gasteiger partial charge < -0.3 is 16.4 Å². The van der Waals surface area contributed by atoms with Gasteiger partial charge in [0.15, 0.2) is 23.1 Å². The van der Waals surface area contributed by atoms with Crippen molar-refractivity contribution in [2.24, 2.45) is 5.73 Å². The number of rotatable bonds is 4. The summed E-state index contributed by atoms with van der Waals surface area (Å²) in [5, 5.41) is 4.28. The summed E-state index contributed by atoms with van der Waals surface area (Å²) in [5.41, 5.74) is 16.4. The molecule has 0 aliphatic carbocycles. The number of aromatic nitrogens is 5. The van der Waals surface area contributed by atoms with Gasteiger partial charge in [-0.3, -0.25) is 4.98 Å². The summed E-state index contributed by atoms with van der Waals surface area (Å²) in [6, 6.07) is 5.76. The molecule has 1 fully saturated rings. The van der Waals surface area contributed by atoms with E-state index >= 15 is 0 Å². The number of nitrogens with zero attached hydrogens (tertiary/aromatic N) is 6. The van der Waals surface area contributed by atoms with E-state index in [2.05, 4.69) is 25.0 Å². The number of benzene rings is 1. The minimum Gasteiger partial charge on any atom is -0.381 e. The van der Waals surface area contributed by atoms with Crippen LogP contribution in [0.25, 0.3) is 16.9 Å². The fraction of sp³-hybridized carbons (Fsp3) is 0.273. The highest BCUT2D eigenvalue weighted by Crippen LogP contribution is 2.30. The topological polar surface area (TPSA) is 111 Å². The molecule has 5 rings (SSSR count). The van der Waals surface area contributed by atoms with Crippen molar-refractivity contribution in [1.29, 1.82) is 0 Å². The van der Waals surface area contributed by atoms with Crippen molar-refractivity contribution < 1.29 is 8.78 Å². The highest BCUT2D eigenvalue weighted by Gasteiger charge is 2.21. The molecule has 0 unspecified atom stereocenters. The molecule has 0 radical (unpaired) electrons. The average molecular weight is 436 g/mol. The average Bonchev–Trinajstić information content (AvgIpc) is 3.20.